The van der Waals surface area contributed by atoms with E-state index in [9.17, 15) is 4.79 Å². The summed E-state index contributed by atoms with van der Waals surface area (Å²) in [6.07, 6.45) is -0.483. The van der Waals surface area contributed by atoms with Crippen molar-refractivity contribution in [3.63, 3.8) is 0 Å². The molecule has 0 unspecified atom stereocenters. The van der Waals surface area contributed by atoms with E-state index >= 15 is 0 Å². The second kappa shape index (κ2) is 8.13. The van der Waals surface area contributed by atoms with Gasteiger partial charge in [0.05, 0.1) is 7.11 Å². The molecule has 1 atom stereocenters. The highest BCUT2D eigenvalue weighted by Crippen LogP contribution is 2.22. The lowest BCUT2D eigenvalue weighted by molar-refractivity contribution is -0.138. The van der Waals surface area contributed by atoms with Crippen molar-refractivity contribution < 1.29 is 14.3 Å². The van der Waals surface area contributed by atoms with Crippen molar-refractivity contribution in [2.45, 2.75) is 20.0 Å². The SMILES string of the molecule is COc1ccc(N2CCN(C(=O)[C@H](C)Oc3ccccc3C)CC2)cc1. The Balaban J connectivity index is 1.55. The number of amides is 1. The summed E-state index contributed by atoms with van der Waals surface area (Å²) in [5.74, 6) is 1.66. The maximum absolute atomic E-state index is 12.7. The summed E-state index contributed by atoms with van der Waals surface area (Å²) in [4.78, 5) is 16.9. The van der Waals surface area contributed by atoms with Gasteiger partial charge in [-0.2, -0.15) is 0 Å². The second-order valence-electron chi connectivity index (χ2n) is 6.54. The first-order chi connectivity index (χ1) is 12.6. The van der Waals surface area contributed by atoms with Crippen LogP contribution in [-0.2, 0) is 4.79 Å². The Morgan fingerprint density at radius 3 is 2.27 bits per heavy atom. The van der Waals surface area contributed by atoms with E-state index < -0.39 is 6.10 Å². The van der Waals surface area contributed by atoms with E-state index in [1.54, 1.807) is 7.11 Å². The molecule has 0 saturated carbocycles. The molecular weight excluding hydrogens is 328 g/mol. The highest BCUT2D eigenvalue weighted by Gasteiger charge is 2.26. The molecule has 1 amide bonds. The number of nitrogens with zero attached hydrogens (tertiary/aromatic N) is 2. The van der Waals surface area contributed by atoms with Gasteiger partial charge in [0.1, 0.15) is 11.5 Å². The Morgan fingerprint density at radius 2 is 1.65 bits per heavy atom. The number of methoxy groups -OCH3 is 1. The standard InChI is InChI=1S/C21H26N2O3/c1-16-6-4-5-7-20(16)26-17(2)21(24)23-14-12-22(13-15-23)18-8-10-19(25-3)11-9-18/h4-11,17H,12-15H2,1-3H3/t17-/m0/s1. The molecule has 1 aliphatic rings. The third-order valence-electron chi connectivity index (χ3n) is 4.77. The molecule has 0 spiro atoms. The van der Waals surface area contributed by atoms with Crippen LogP contribution in [0.1, 0.15) is 12.5 Å². The number of rotatable bonds is 5. The molecule has 1 fully saturated rings. The number of piperazine rings is 1. The predicted octanol–water partition coefficient (Wildman–Crippen LogP) is 3.12. The summed E-state index contributed by atoms with van der Waals surface area (Å²) in [6, 6.07) is 15.8. The third kappa shape index (κ3) is 4.10. The maximum atomic E-state index is 12.7. The normalized spacial score (nSPS) is 15.5. The highest BCUT2D eigenvalue weighted by atomic mass is 16.5. The first-order valence-corrected chi connectivity index (χ1v) is 8.98. The largest absolute Gasteiger partial charge is 0.497 e. The van der Waals surface area contributed by atoms with E-state index in [1.807, 2.05) is 55.1 Å². The summed E-state index contributed by atoms with van der Waals surface area (Å²) in [6.45, 7) is 6.84. The fraction of sp³-hybridized carbons (Fsp3) is 0.381. The molecule has 2 aromatic carbocycles. The van der Waals surface area contributed by atoms with Crippen LogP contribution in [-0.4, -0.2) is 50.2 Å². The number of hydrogen-bond acceptors (Lipinski definition) is 4. The van der Waals surface area contributed by atoms with Crippen molar-refractivity contribution in [3.8, 4) is 11.5 Å². The van der Waals surface area contributed by atoms with E-state index in [2.05, 4.69) is 17.0 Å². The van der Waals surface area contributed by atoms with Crippen LogP contribution in [0.4, 0.5) is 5.69 Å². The van der Waals surface area contributed by atoms with E-state index in [0.29, 0.717) is 13.1 Å². The predicted molar refractivity (Wildman–Crippen MR) is 103 cm³/mol. The third-order valence-corrected chi connectivity index (χ3v) is 4.77. The molecule has 1 aliphatic heterocycles. The lowest BCUT2D eigenvalue weighted by atomic mass is 10.2. The van der Waals surface area contributed by atoms with E-state index in [4.69, 9.17) is 9.47 Å². The number of anilines is 1. The number of carbonyl (C=O) groups excluding carboxylic acids is 1. The molecule has 0 aliphatic carbocycles. The minimum atomic E-state index is -0.483. The molecular formula is C21H26N2O3. The molecule has 2 aromatic rings. The van der Waals surface area contributed by atoms with Crippen LogP contribution in [0.2, 0.25) is 0 Å². The van der Waals surface area contributed by atoms with Gasteiger partial charge in [0.15, 0.2) is 6.10 Å². The Labute approximate surface area is 155 Å². The maximum Gasteiger partial charge on any atom is 0.263 e. The van der Waals surface area contributed by atoms with Gasteiger partial charge in [0.2, 0.25) is 0 Å². The highest BCUT2D eigenvalue weighted by molar-refractivity contribution is 5.81. The van der Waals surface area contributed by atoms with Crippen LogP contribution in [0.5, 0.6) is 11.5 Å². The fourth-order valence-corrected chi connectivity index (χ4v) is 3.16. The van der Waals surface area contributed by atoms with Crippen LogP contribution in [0.25, 0.3) is 0 Å². The van der Waals surface area contributed by atoms with Gasteiger partial charge in [-0.3, -0.25) is 4.79 Å². The summed E-state index contributed by atoms with van der Waals surface area (Å²) in [5, 5.41) is 0. The molecule has 0 aromatic heterocycles. The van der Waals surface area contributed by atoms with E-state index in [-0.39, 0.29) is 5.91 Å². The van der Waals surface area contributed by atoms with Gasteiger partial charge >= 0.3 is 0 Å². The molecule has 0 radical (unpaired) electrons. The zero-order chi connectivity index (χ0) is 18.5. The van der Waals surface area contributed by atoms with Gasteiger partial charge in [0, 0.05) is 31.9 Å². The quantitative estimate of drug-likeness (QED) is 0.827. The second-order valence-corrected chi connectivity index (χ2v) is 6.54. The van der Waals surface area contributed by atoms with Crippen molar-refractivity contribution in [2.75, 3.05) is 38.2 Å². The molecule has 0 bridgehead atoms. The number of hydrogen-bond donors (Lipinski definition) is 0. The number of ether oxygens (including phenoxy) is 2. The van der Waals surface area contributed by atoms with Gasteiger partial charge in [-0.15, -0.1) is 0 Å². The van der Waals surface area contributed by atoms with E-state index in [0.717, 1.165) is 35.8 Å². The Hall–Kier alpha value is -2.69. The Morgan fingerprint density at radius 1 is 1.00 bits per heavy atom. The zero-order valence-electron chi connectivity index (χ0n) is 15.6. The molecule has 5 nitrogen and oxygen atoms in total. The monoisotopic (exact) mass is 354 g/mol. The molecule has 1 saturated heterocycles. The average Bonchev–Trinajstić information content (AvgIpc) is 2.69. The topological polar surface area (TPSA) is 42.0 Å². The van der Waals surface area contributed by atoms with Crippen LogP contribution in [0.15, 0.2) is 48.5 Å². The fourth-order valence-electron chi connectivity index (χ4n) is 3.16. The van der Waals surface area contributed by atoms with Crippen LogP contribution < -0.4 is 14.4 Å². The van der Waals surface area contributed by atoms with Gasteiger partial charge in [0.25, 0.3) is 5.91 Å². The summed E-state index contributed by atoms with van der Waals surface area (Å²) < 4.78 is 11.1. The molecule has 1 heterocycles. The minimum Gasteiger partial charge on any atom is -0.497 e. The first kappa shape index (κ1) is 18.1. The first-order valence-electron chi connectivity index (χ1n) is 8.98. The van der Waals surface area contributed by atoms with Crippen LogP contribution in [0.3, 0.4) is 0 Å². The Bertz CT molecular complexity index is 737. The van der Waals surface area contributed by atoms with E-state index in [1.165, 1.54) is 0 Å². The molecule has 3 rings (SSSR count). The van der Waals surface area contributed by atoms with Crippen LogP contribution >= 0.6 is 0 Å². The van der Waals surface area contributed by atoms with Gasteiger partial charge in [-0.25, -0.2) is 0 Å². The van der Waals surface area contributed by atoms with Gasteiger partial charge < -0.3 is 19.3 Å². The smallest absolute Gasteiger partial charge is 0.263 e. The molecule has 5 heteroatoms. The van der Waals surface area contributed by atoms with Crippen molar-refractivity contribution in [2.24, 2.45) is 0 Å². The van der Waals surface area contributed by atoms with Crippen molar-refractivity contribution in [1.82, 2.24) is 4.90 Å². The zero-order valence-corrected chi connectivity index (χ0v) is 15.6. The molecule has 0 N–H and O–H groups in total. The van der Waals surface area contributed by atoms with Crippen molar-refractivity contribution >= 4 is 11.6 Å². The molecule has 26 heavy (non-hydrogen) atoms. The van der Waals surface area contributed by atoms with Crippen molar-refractivity contribution in [3.05, 3.63) is 54.1 Å². The summed E-state index contributed by atoms with van der Waals surface area (Å²) in [5.41, 5.74) is 2.19. The number of carbonyl (C=O) groups is 1. The Kier molecular flexibility index (Phi) is 5.66. The average molecular weight is 354 g/mol. The number of aryl methyl sites for hydroxylation is 1. The summed E-state index contributed by atoms with van der Waals surface area (Å²) in [7, 11) is 1.67. The number of para-hydroxylation sites is 1. The summed E-state index contributed by atoms with van der Waals surface area (Å²) >= 11 is 0. The lowest BCUT2D eigenvalue weighted by Crippen LogP contribution is -2.52. The van der Waals surface area contributed by atoms with Gasteiger partial charge in [-0.1, -0.05) is 18.2 Å². The molecule has 138 valence electrons. The van der Waals surface area contributed by atoms with Crippen LogP contribution in [0, 0.1) is 6.92 Å². The van der Waals surface area contributed by atoms with Crippen molar-refractivity contribution in [1.29, 1.82) is 0 Å². The van der Waals surface area contributed by atoms with Gasteiger partial charge in [-0.05, 0) is 49.7 Å². The minimum absolute atomic E-state index is 0.0441. The lowest BCUT2D eigenvalue weighted by Gasteiger charge is -2.37. The number of benzene rings is 2.